The van der Waals surface area contributed by atoms with Crippen molar-refractivity contribution in [2.24, 2.45) is 5.92 Å². The van der Waals surface area contributed by atoms with Crippen LogP contribution in [-0.2, 0) is 0 Å². The summed E-state index contributed by atoms with van der Waals surface area (Å²) < 4.78 is 31.4. The highest BCUT2D eigenvalue weighted by Crippen LogP contribution is 2.22. The van der Waals surface area contributed by atoms with E-state index in [0.29, 0.717) is 0 Å². The van der Waals surface area contributed by atoms with Gasteiger partial charge in [-0.25, -0.2) is 8.78 Å². The molecule has 0 unspecified atom stereocenters. The van der Waals surface area contributed by atoms with E-state index in [-0.39, 0.29) is 23.7 Å². The van der Waals surface area contributed by atoms with Crippen molar-refractivity contribution in [3.63, 3.8) is 0 Å². The Morgan fingerprint density at radius 2 is 1.94 bits per heavy atom. The lowest BCUT2D eigenvalue weighted by molar-refractivity contribution is 0.0963. The highest BCUT2D eigenvalue weighted by Gasteiger charge is 2.17. The second-order valence-corrected chi connectivity index (χ2v) is 3.99. The summed E-state index contributed by atoms with van der Waals surface area (Å²) in [6.07, 6.45) is 0.197. The minimum Gasteiger partial charge on any atom is -0.494 e. The fourth-order valence-electron chi connectivity index (χ4n) is 1.38. The summed E-state index contributed by atoms with van der Waals surface area (Å²) in [5.74, 6) is -1.95. The molecule has 0 atom stereocenters. The average molecular weight is 228 g/mol. The molecule has 0 aliphatic heterocycles. The maximum atomic E-state index is 13.5. The lowest BCUT2D eigenvalue weighted by atomic mass is 10.0. The summed E-state index contributed by atoms with van der Waals surface area (Å²) >= 11 is 0. The number of hydrogen-bond donors (Lipinski definition) is 0. The normalized spacial score (nSPS) is 10.6. The first kappa shape index (κ1) is 12.6. The number of halogens is 2. The quantitative estimate of drug-likeness (QED) is 0.740. The number of methoxy groups -OCH3 is 1. The van der Waals surface area contributed by atoms with Crippen LogP contribution in [0.2, 0.25) is 0 Å². The van der Waals surface area contributed by atoms with E-state index in [9.17, 15) is 13.6 Å². The van der Waals surface area contributed by atoms with Gasteiger partial charge in [0.15, 0.2) is 17.3 Å². The molecule has 0 spiro atoms. The number of ketones is 1. The van der Waals surface area contributed by atoms with Crippen LogP contribution in [0, 0.1) is 17.6 Å². The summed E-state index contributed by atoms with van der Waals surface area (Å²) in [7, 11) is 1.24. The number of hydrogen-bond acceptors (Lipinski definition) is 2. The van der Waals surface area contributed by atoms with Gasteiger partial charge in [-0.2, -0.15) is 0 Å². The van der Waals surface area contributed by atoms with E-state index in [1.807, 2.05) is 13.8 Å². The van der Waals surface area contributed by atoms with Crippen LogP contribution in [0.5, 0.6) is 5.75 Å². The Bertz CT molecular complexity index is 400. The third kappa shape index (κ3) is 2.78. The van der Waals surface area contributed by atoms with Crippen LogP contribution in [0.4, 0.5) is 8.78 Å². The van der Waals surface area contributed by atoms with E-state index in [1.165, 1.54) is 7.11 Å². The van der Waals surface area contributed by atoms with Crippen LogP contribution in [-0.4, -0.2) is 12.9 Å². The van der Waals surface area contributed by atoms with Crippen molar-refractivity contribution >= 4 is 5.78 Å². The van der Waals surface area contributed by atoms with Crippen LogP contribution in [0.25, 0.3) is 0 Å². The van der Waals surface area contributed by atoms with Gasteiger partial charge in [-0.1, -0.05) is 13.8 Å². The second kappa shape index (κ2) is 5.05. The summed E-state index contributed by atoms with van der Waals surface area (Å²) in [5, 5.41) is 0. The maximum absolute atomic E-state index is 13.5. The fourth-order valence-corrected chi connectivity index (χ4v) is 1.38. The van der Waals surface area contributed by atoms with Gasteiger partial charge in [0.1, 0.15) is 5.82 Å². The summed E-state index contributed by atoms with van der Waals surface area (Å²) in [6, 6.07) is 1.78. The van der Waals surface area contributed by atoms with E-state index >= 15 is 0 Å². The molecule has 0 saturated heterocycles. The molecule has 0 amide bonds. The smallest absolute Gasteiger partial charge is 0.166 e. The van der Waals surface area contributed by atoms with Crippen molar-refractivity contribution in [3.8, 4) is 5.75 Å². The minimum atomic E-state index is -0.746. The molecular weight excluding hydrogens is 214 g/mol. The van der Waals surface area contributed by atoms with E-state index in [1.54, 1.807) is 0 Å². The topological polar surface area (TPSA) is 26.3 Å². The van der Waals surface area contributed by atoms with Gasteiger partial charge >= 0.3 is 0 Å². The zero-order chi connectivity index (χ0) is 12.3. The van der Waals surface area contributed by atoms with Crippen molar-refractivity contribution in [1.82, 2.24) is 0 Å². The standard InChI is InChI=1S/C12H14F2O2/c1-7(2)4-11(15)8-5-10(14)12(16-3)6-9(8)13/h5-7H,4H2,1-3H3. The number of Topliss-reactive ketones (excluding diaryl/α,β-unsaturated/α-hetero) is 1. The van der Waals surface area contributed by atoms with Gasteiger partial charge in [0.25, 0.3) is 0 Å². The molecule has 1 aromatic rings. The first-order chi connectivity index (χ1) is 7.45. The van der Waals surface area contributed by atoms with Crippen molar-refractivity contribution in [2.45, 2.75) is 20.3 Å². The van der Waals surface area contributed by atoms with Gasteiger partial charge < -0.3 is 4.74 Å². The van der Waals surface area contributed by atoms with Gasteiger partial charge in [-0.05, 0) is 12.0 Å². The van der Waals surface area contributed by atoms with Crippen LogP contribution in [0.15, 0.2) is 12.1 Å². The van der Waals surface area contributed by atoms with E-state index < -0.39 is 17.4 Å². The third-order valence-electron chi connectivity index (χ3n) is 2.14. The number of benzene rings is 1. The molecular formula is C12H14F2O2. The van der Waals surface area contributed by atoms with Crippen molar-refractivity contribution in [2.75, 3.05) is 7.11 Å². The molecule has 0 heterocycles. The molecule has 0 bridgehead atoms. The van der Waals surface area contributed by atoms with Crippen molar-refractivity contribution in [3.05, 3.63) is 29.3 Å². The number of rotatable bonds is 4. The van der Waals surface area contributed by atoms with Gasteiger partial charge in [0, 0.05) is 12.5 Å². The SMILES string of the molecule is COc1cc(F)c(C(=O)CC(C)C)cc1F. The monoisotopic (exact) mass is 228 g/mol. The minimum absolute atomic E-state index is 0.108. The van der Waals surface area contributed by atoms with Crippen LogP contribution >= 0.6 is 0 Å². The highest BCUT2D eigenvalue weighted by atomic mass is 19.1. The van der Waals surface area contributed by atoms with Crippen molar-refractivity contribution < 1.29 is 18.3 Å². The van der Waals surface area contributed by atoms with Crippen LogP contribution < -0.4 is 4.74 Å². The predicted molar refractivity (Wildman–Crippen MR) is 56.7 cm³/mol. The van der Waals surface area contributed by atoms with E-state index in [4.69, 9.17) is 0 Å². The Labute approximate surface area is 93.2 Å². The molecule has 4 heteroatoms. The van der Waals surface area contributed by atoms with Crippen LogP contribution in [0.3, 0.4) is 0 Å². The third-order valence-corrected chi connectivity index (χ3v) is 2.14. The molecule has 2 nitrogen and oxygen atoms in total. The van der Waals surface area contributed by atoms with E-state index in [2.05, 4.69) is 4.74 Å². The summed E-state index contributed by atoms with van der Waals surface area (Å²) in [5.41, 5.74) is -0.216. The summed E-state index contributed by atoms with van der Waals surface area (Å²) in [4.78, 5) is 11.6. The Kier molecular flexibility index (Phi) is 3.99. The molecule has 0 N–H and O–H groups in total. The Hall–Kier alpha value is -1.45. The largest absolute Gasteiger partial charge is 0.494 e. The number of ether oxygens (including phenoxy) is 1. The first-order valence-corrected chi connectivity index (χ1v) is 5.02. The molecule has 16 heavy (non-hydrogen) atoms. The molecule has 88 valence electrons. The zero-order valence-electron chi connectivity index (χ0n) is 9.51. The molecule has 0 aliphatic carbocycles. The Balaban J connectivity index is 3.06. The van der Waals surface area contributed by atoms with E-state index in [0.717, 1.165) is 12.1 Å². The summed E-state index contributed by atoms with van der Waals surface area (Å²) in [6.45, 7) is 3.69. The Morgan fingerprint density at radius 3 is 2.44 bits per heavy atom. The average Bonchev–Trinajstić information content (AvgIpc) is 2.19. The van der Waals surface area contributed by atoms with Gasteiger partial charge in [0.2, 0.25) is 0 Å². The number of carbonyl (C=O) groups is 1. The first-order valence-electron chi connectivity index (χ1n) is 5.02. The van der Waals surface area contributed by atoms with Gasteiger partial charge in [-0.15, -0.1) is 0 Å². The maximum Gasteiger partial charge on any atom is 0.166 e. The van der Waals surface area contributed by atoms with Crippen molar-refractivity contribution in [1.29, 1.82) is 0 Å². The molecule has 0 saturated carbocycles. The molecule has 0 radical (unpaired) electrons. The van der Waals surface area contributed by atoms with Gasteiger partial charge in [-0.3, -0.25) is 4.79 Å². The lowest BCUT2D eigenvalue weighted by Gasteiger charge is -2.07. The molecule has 0 fully saturated rings. The number of carbonyl (C=O) groups excluding carboxylic acids is 1. The molecule has 0 aliphatic rings. The lowest BCUT2D eigenvalue weighted by Crippen LogP contribution is -2.07. The van der Waals surface area contributed by atoms with Crippen LogP contribution in [0.1, 0.15) is 30.6 Å². The fraction of sp³-hybridized carbons (Fsp3) is 0.417. The Morgan fingerprint density at radius 1 is 1.31 bits per heavy atom. The second-order valence-electron chi connectivity index (χ2n) is 3.99. The predicted octanol–water partition coefficient (Wildman–Crippen LogP) is 3.20. The highest BCUT2D eigenvalue weighted by molar-refractivity contribution is 5.96. The van der Waals surface area contributed by atoms with Gasteiger partial charge in [0.05, 0.1) is 12.7 Å². The molecule has 1 aromatic carbocycles. The molecule has 1 rings (SSSR count). The zero-order valence-corrected chi connectivity index (χ0v) is 9.51. The molecule has 0 aromatic heterocycles.